The average Bonchev–Trinajstić information content (AvgIpc) is 3.43. The summed E-state index contributed by atoms with van der Waals surface area (Å²) in [6.45, 7) is 2.07. The van der Waals surface area contributed by atoms with Crippen molar-refractivity contribution in [3.63, 3.8) is 0 Å². The van der Waals surface area contributed by atoms with E-state index in [1.54, 1.807) is 14.2 Å². The van der Waals surface area contributed by atoms with Crippen LogP contribution in [0.2, 0.25) is 0 Å². The van der Waals surface area contributed by atoms with Gasteiger partial charge in [-0.25, -0.2) is 9.67 Å². The highest BCUT2D eigenvalue weighted by Crippen LogP contribution is 2.50. The van der Waals surface area contributed by atoms with Gasteiger partial charge in [0.1, 0.15) is 18.2 Å². The smallest absolute Gasteiger partial charge is 0.191 e. The van der Waals surface area contributed by atoms with E-state index in [-0.39, 0.29) is 11.5 Å². The largest absolute Gasteiger partial charge is 0.496 e. The molecule has 2 aromatic rings. The first-order chi connectivity index (χ1) is 14.2. The Labute approximate surface area is 171 Å². The summed E-state index contributed by atoms with van der Waals surface area (Å²) < 4.78 is 12.7. The number of fused-ring (bicyclic) bond motifs is 1. The van der Waals surface area contributed by atoms with Crippen LogP contribution >= 0.6 is 0 Å². The molecule has 2 N–H and O–H groups in total. The number of benzene rings is 1. The van der Waals surface area contributed by atoms with Gasteiger partial charge < -0.3 is 20.1 Å². The Hall–Kier alpha value is -2.61. The summed E-state index contributed by atoms with van der Waals surface area (Å²) >= 11 is 0. The first-order valence-electron chi connectivity index (χ1n) is 10.2. The standard InChI is InChI=1S/C21H30N6O2/c1-22-20(23-14-21(10-11-21)16-6-4-5-7-17(16)29-3)24-15-8-9-19-25-18(13-28-2)26-27(19)12-15/h4-7,15H,8-14H2,1-3H3,(H2,22,23,24). The number of hydrogen-bond acceptors (Lipinski definition) is 5. The highest BCUT2D eigenvalue weighted by atomic mass is 16.5. The second kappa shape index (κ2) is 8.41. The molecule has 0 spiro atoms. The van der Waals surface area contributed by atoms with Crippen LogP contribution < -0.4 is 15.4 Å². The Kier molecular flexibility index (Phi) is 5.71. The lowest BCUT2D eigenvalue weighted by molar-refractivity contribution is 0.177. The van der Waals surface area contributed by atoms with Crippen molar-refractivity contribution in [1.82, 2.24) is 25.4 Å². The monoisotopic (exact) mass is 398 g/mol. The third-order valence-electron chi connectivity index (χ3n) is 5.87. The predicted molar refractivity (Wildman–Crippen MR) is 111 cm³/mol. The van der Waals surface area contributed by atoms with E-state index in [9.17, 15) is 0 Å². The topological polar surface area (TPSA) is 85.6 Å². The lowest BCUT2D eigenvalue weighted by Crippen LogP contribution is -2.48. The van der Waals surface area contributed by atoms with E-state index < -0.39 is 0 Å². The summed E-state index contributed by atoms with van der Waals surface area (Å²) in [5, 5.41) is 11.6. The summed E-state index contributed by atoms with van der Waals surface area (Å²) in [5.74, 6) is 3.58. The van der Waals surface area contributed by atoms with Gasteiger partial charge in [-0.05, 0) is 25.3 Å². The van der Waals surface area contributed by atoms with Crippen molar-refractivity contribution in [2.24, 2.45) is 4.99 Å². The van der Waals surface area contributed by atoms with Crippen LogP contribution in [0.25, 0.3) is 0 Å². The van der Waals surface area contributed by atoms with E-state index in [2.05, 4.69) is 37.8 Å². The molecule has 1 saturated carbocycles. The summed E-state index contributed by atoms with van der Waals surface area (Å²) in [6.07, 6.45) is 4.22. The van der Waals surface area contributed by atoms with Crippen molar-refractivity contribution >= 4 is 5.96 Å². The van der Waals surface area contributed by atoms with E-state index >= 15 is 0 Å². The summed E-state index contributed by atoms with van der Waals surface area (Å²) in [6, 6.07) is 8.59. The molecule has 29 heavy (non-hydrogen) atoms. The molecule has 2 heterocycles. The summed E-state index contributed by atoms with van der Waals surface area (Å²) in [4.78, 5) is 8.98. The average molecular weight is 399 g/mol. The van der Waals surface area contributed by atoms with Crippen molar-refractivity contribution in [3.8, 4) is 5.75 Å². The Balaban J connectivity index is 1.36. The molecule has 1 aliphatic carbocycles. The molecule has 1 aliphatic heterocycles. The number of nitrogens with one attached hydrogen (secondary N) is 2. The van der Waals surface area contributed by atoms with Crippen LogP contribution in [0.3, 0.4) is 0 Å². The van der Waals surface area contributed by atoms with Crippen molar-refractivity contribution in [1.29, 1.82) is 0 Å². The van der Waals surface area contributed by atoms with Crippen LogP contribution in [0.15, 0.2) is 29.3 Å². The zero-order valence-corrected chi connectivity index (χ0v) is 17.4. The van der Waals surface area contributed by atoms with E-state index in [4.69, 9.17) is 9.47 Å². The first kappa shape index (κ1) is 19.7. The van der Waals surface area contributed by atoms with Gasteiger partial charge in [0.15, 0.2) is 11.8 Å². The maximum absolute atomic E-state index is 5.58. The molecule has 2 aliphatic rings. The SMILES string of the molecule is CN=C(NCC1(c2ccccc2OC)CC1)NC1CCc2nc(COC)nn2C1. The lowest BCUT2D eigenvalue weighted by Gasteiger charge is -2.26. The van der Waals surface area contributed by atoms with Crippen molar-refractivity contribution in [3.05, 3.63) is 41.5 Å². The number of ether oxygens (including phenoxy) is 2. The number of guanidine groups is 1. The quantitative estimate of drug-likeness (QED) is 0.545. The van der Waals surface area contributed by atoms with E-state index in [1.165, 1.54) is 5.56 Å². The lowest BCUT2D eigenvalue weighted by atomic mass is 9.95. The molecule has 0 saturated heterocycles. The highest BCUT2D eigenvalue weighted by molar-refractivity contribution is 5.80. The first-order valence-corrected chi connectivity index (χ1v) is 10.2. The fourth-order valence-corrected chi connectivity index (χ4v) is 4.08. The van der Waals surface area contributed by atoms with Gasteiger partial charge in [-0.1, -0.05) is 18.2 Å². The number of rotatable bonds is 7. The molecule has 1 unspecified atom stereocenters. The minimum Gasteiger partial charge on any atom is -0.496 e. The number of aryl methyl sites for hydroxylation is 1. The number of aromatic nitrogens is 3. The predicted octanol–water partition coefficient (Wildman–Crippen LogP) is 1.64. The van der Waals surface area contributed by atoms with E-state index in [1.807, 2.05) is 23.9 Å². The Morgan fingerprint density at radius 2 is 2.14 bits per heavy atom. The normalized spacial score (nSPS) is 20.1. The van der Waals surface area contributed by atoms with Crippen LogP contribution in [0.5, 0.6) is 5.75 Å². The van der Waals surface area contributed by atoms with Crippen LogP contribution in [-0.2, 0) is 29.7 Å². The van der Waals surface area contributed by atoms with Gasteiger partial charge in [0.2, 0.25) is 0 Å². The Bertz CT molecular complexity index is 874. The molecule has 0 bridgehead atoms. The molecule has 1 aromatic carbocycles. The number of aliphatic imine (C=N–C) groups is 1. The number of hydrogen-bond donors (Lipinski definition) is 2. The van der Waals surface area contributed by atoms with E-state index in [0.717, 1.165) is 62.1 Å². The van der Waals surface area contributed by atoms with Crippen molar-refractivity contribution < 1.29 is 9.47 Å². The van der Waals surface area contributed by atoms with Gasteiger partial charge in [0.05, 0.1) is 13.7 Å². The molecule has 8 nitrogen and oxygen atoms in total. The summed E-state index contributed by atoms with van der Waals surface area (Å²) in [7, 11) is 5.22. The third-order valence-corrected chi connectivity index (χ3v) is 5.87. The van der Waals surface area contributed by atoms with Crippen molar-refractivity contribution in [2.75, 3.05) is 27.8 Å². The van der Waals surface area contributed by atoms with Crippen LogP contribution in [0.1, 0.15) is 36.5 Å². The van der Waals surface area contributed by atoms with Crippen LogP contribution in [-0.4, -0.2) is 54.6 Å². The zero-order valence-electron chi connectivity index (χ0n) is 17.4. The van der Waals surface area contributed by atoms with Gasteiger partial charge in [-0.2, -0.15) is 5.10 Å². The molecule has 1 atom stereocenters. The highest BCUT2D eigenvalue weighted by Gasteiger charge is 2.46. The van der Waals surface area contributed by atoms with Gasteiger partial charge in [-0.15, -0.1) is 0 Å². The third kappa shape index (κ3) is 4.22. The molecule has 1 aromatic heterocycles. The molecular formula is C21H30N6O2. The molecule has 156 valence electrons. The number of para-hydroxylation sites is 1. The minimum absolute atomic E-state index is 0.130. The fraction of sp³-hybridized carbons (Fsp3) is 0.571. The Morgan fingerprint density at radius 3 is 2.86 bits per heavy atom. The minimum atomic E-state index is 0.130. The fourth-order valence-electron chi connectivity index (χ4n) is 4.08. The van der Waals surface area contributed by atoms with Gasteiger partial charge in [-0.3, -0.25) is 4.99 Å². The number of nitrogens with zero attached hydrogens (tertiary/aromatic N) is 4. The van der Waals surface area contributed by atoms with Crippen LogP contribution in [0, 0.1) is 0 Å². The van der Waals surface area contributed by atoms with Gasteiger partial charge in [0, 0.05) is 44.1 Å². The molecule has 8 heteroatoms. The second-order valence-electron chi connectivity index (χ2n) is 7.85. The summed E-state index contributed by atoms with van der Waals surface area (Å²) in [5.41, 5.74) is 1.41. The van der Waals surface area contributed by atoms with Crippen molar-refractivity contribution in [2.45, 2.75) is 50.3 Å². The maximum Gasteiger partial charge on any atom is 0.191 e. The van der Waals surface area contributed by atoms with Gasteiger partial charge in [0.25, 0.3) is 0 Å². The number of methoxy groups -OCH3 is 2. The molecular weight excluding hydrogens is 368 g/mol. The zero-order chi connectivity index (χ0) is 20.3. The molecule has 1 fully saturated rings. The Morgan fingerprint density at radius 1 is 1.31 bits per heavy atom. The molecule has 0 amide bonds. The van der Waals surface area contributed by atoms with Gasteiger partial charge >= 0.3 is 0 Å². The second-order valence-corrected chi connectivity index (χ2v) is 7.85. The molecule has 4 rings (SSSR count). The maximum atomic E-state index is 5.58. The van der Waals surface area contributed by atoms with Crippen LogP contribution in [0.4, 0.5) is 0 Å². The molecule has 0 radical (unpaired) electrons. The van der Waals surface area contributed by atoms with E-state index in [0.29, 0.717) is 6.61 Å².